The Balaban J connectivity index is 2.43. The van der Waals surface area contributed by atoms with Crippen LogP contribution in [0.25, 0.3) is 0 Å². The van der Waals surface area contributed by atoms with Crippen LogP contribution in [-0.2, 0) is 0 Å². The number of benzene rings is 2. The minimum absolute atomic E-state index is 0.156. The Hall–Kier alpha value is -1.34. The SMILES string of the molecule is COc1cc(F)c(C(O)c2ccc(I)cc2)cc1OC. The van der Waals surface area contributed by atoms with E-state index in [1.54, 1.807) is 12.1 Å². The molecule has 0 radical (unpaired) electrons. The lowest BCUT2D eigenvalue weighted by molar-refractivity contribution is 0.213. The third-order valence-electron chi connectivity index (χ3n) is 2.98. The van der Waals surface area contributed by atoms with Gasteiger partial charge in [0.1, 0.15) is 11.9 Å². The van der Waals surface area contributed by atoms with Crippen LogP contribution in [0.4, 0.5) is 4.39 Å². The van der Waals surface area contributed by atoms with Gasteiger partial charge in [0.15, 0.2) is 11.5 Å². The molecule has 0 saturated carbocycles. The zero-order chi connectivity index (χ0) is 14.7. The van der Waals surface area contributed by atoms with Gasteiger partial charge in [-0.1, -0.05) is 12.1 Å². The van der Waals surface area contributed by atoms with Crippen molar-refractivity contribution in [1.29, 1.82) is 0 Å². The van der Waals surface area contributed by atoms with Crippen molar-refractivity contribution in [3.63, 3.8) is 0 Å². The lowest BCUT2D eigenvalue weighted by Gasteiger charge is -2.15. The van der Waals surface area contributed by atoms with Gasteiger partial charge in [-0.25, -0.2) is 4.39 Å². The number of halogens is 2. The van der Waals surface area contributed by atoms with E-state index in [-0.39, 0.29) is 5.56 Å². The fraction of sp³-hybridized carbons (Fsp3) is 0.200. The van der Waals surface area contributed by atoms with E-state index < -0.39 is 11.9 Å². The highest BCUT2D eigenvalue weighted by Crippen LogP contribution is 2.34. The molecule has 0 aromatic heterocycles. The average molecular weight is 388 g/mol. The van der Waals surface area contributed by atoms with E-state index in [0.29, 0.717) is 17.1 Å². The summed E-state index contributed by atoms with van der Waals surface area (Å²) < 4.78 is 25.3. The number of hydrogen-bond acceptors (Lipinski definition) is 3. The maximum absolute atomic E-state index is 14.1. The van der Waals surface area contributed by atoms with Gasteiger partial charge in [0.25, 0.3) is 0 Å². The first-order valence-electron chi connectivity index (χ1n) is 5.91. The Morgan fingerprint density at radius 2 is 1.60 bits per heavy atom. The Morgan fingerprint density at radius 1 is 1.05 bits per heavy atom. The van der Waals surface area contributed by atoms with E-state index in [1.165, 1.54) is 26.4 Å². The van der Waals surface area contributed by atoms with Crippen molar-refractivity contribution in [3.8, 4) is 11.5 Å². The molecule has 0 saturated heterocycles. The van der Waals surface area contributed by atoms with Gasteiger partial charge < -0.3 is 14.6 Å². The number of aliphatic hydroxyl groups is 1. The van der Waals surface area contributed by atoms with Crippen molar-refractivity contribution in [2.24, 2.45) is 0 Å². The van der Waals surface area contributed by atoms with Gasteiger partial charge in [-0.05, 0) is 46.4 Å². The first-order valence-corrected chi connectivity index (χ1v) is 6.99. The molecular weight excluding hydrogens is 374 g/mol. The molecule has 0 aliphatic rings. The van der Waals surface area contributed by atoms with Crippen LogP contribution in [0.2, 0.25) is 0 Å². The molecule has 0 bridgehead atoms. The van der Waals surface area contributed by atoms with Gasteiger partial charge >= 0.3 is 0 Å². The normalized spacial score (nSPS) is 12.1. The fourth-order valence-corrected chi connectivity index (χ4v) is 2.26. The van der Waals surface area contributed by atoms with Crippen LogP contribution in [0.5, 0.6) is 11.5 Å². The molecule has 1 N–H and O–H groups in total. The molecular formula is C15H14FIO3. The molecule has 0 aliphatic carbocycles. The van der Waals surface area contributed by atoms with Crippen LogP contribution < -0.4 is 9.47 Å². The van der Waals surface area contributed by atoms with Crippen LogP contribution in [-0.4, -0.2) is 19.3 Å². The quantitative estimate of drug-likeness (QED) is 0.815. The maximum atomic E-state index is 14.1. The first-order chi connectivity index (χ1) is 9.56. The van der Waals surface area contributed by atoms with Crippen molar-refractivity contribution in [2.45, 2.75) is 6.10 Å². The summed E-state index contributed by atoms with van der Waals surface area (Å²) in [5.74, 6) is 0.144. The minimum atomic E-state index is -1.05. The van der Waals surface area contributed by atoms with Crippen molar-refractivity contribution < 1.29 is 19.0 Å². The van der Waals surface area contributed by atoms with E-state index in [4.69, 9.17) is 9.47 Å². The molecule has 0 heterocycles. The number of methoxy groups -OCH3 is 2. The summed E-state index contributed by atoms with van der Waals surface area (Å²) in [6, 6.07) is 9.92. The number of rotatable bonds is 4. The molecule has 2 aromatic carbocycles. The molecule has 0 fully saturated rings. The summed E-state index contributed by atoms with van der Waals surface area (Å²) in [5, 5.41) is 10.3. The second kappa shape index (κ2) is 6.41. The third kappa shape index (κ3) is 3.04. The van der Waals surface area contributed by atoms with Crippen molar-refractivity contribution >= 4 is 22.6 Å². The van der Waals surface area contributed by atoms with E-state index in [9.17, 15) is 9.50 Å². The molecule has 0 spiro atoms. The molecule has 5 heteroatoms. The smallest absolute Gasteiger partial charge is 0.163 e. The van der Waals surface area contributed by atoms with Crippen LogP contribution >= 0.6 is 22.6 Å². The number of ether oxygens (including phenoxy) is 2. The minimum Gasteiger partial charge on any atom is -0.493 e. The molecule has 20 heavy (non-hydrogen) atoms. The molecule has 0 amide bonds. The highest BCUT2D eigenvalue weighted by atomic mass is 127. The second-order valence-corrected chi connectivity index (χ2v) is 5.43. The van der Waals surface area contributed by atoms with Gasteiger partial charge in [0.2, 0.25) is 0 Å². The molecule has 0 aliphatic heterocycles. The Kier molecular flexibility index (Phi) is 4.82. The fourth-order valence-electron chi connectivity index (χ4n) is 1.90. The van der Waals surface area contributed by atoms with Crippen LogP contribution in [0.1, 0.15) is 17.2 Å². The summed E-state index contributed by atoms with van der Waals surface area (Å²) in [6.07, 6.45) is -1.05. The molecule has 3 nitrogen and oxygen atoms in total. The zero-order valence-corrected chi connectivity index (χ0v) is 13.2. The van der Waals surface area contributed by atoms with Gasteiger partial charge in [-0.3, -0.25) is 0 Å². The van der Waals surface area contributed by atoms with E-state index in [2.05, 4.69) is 22.6 Å². The van der Waals surface area contributed by atoms with Crippen molar-refractivity contribution in [3.05, 3.63) is 56.9 Å². The van der Waals surface area contributed by atoms with Gasteiger partial charge in [0.05, 0.1) is 14.2 Å². The lowest BCUT2D eigenvalue weighted by atomic mass is 10.0. The van der Waals surface area contributed by atoms with E-state index in [1.807, 2.05) is 12.1 Å². The first kappa shape index (κ1) is 15.1. The lowest BCUT2D eigenvalue weighted by Crippen LogP contribution is -2.04. The summed E-state index contributed by atoms with van der Waals surface area (Å²) >= 11 is 2.17. The Labute approximate surface area is 130 Å². The third-order valence-corrected chi connectivity index (χ3v) is 3.70. The summed E-state index contributed by atoms with van der Waals surface area (Å²) in [5.41, 5.74) is 0.778. The second-order valence-electron chi connectivity index (χ2n) is 4.18. The Bertz CT molecular complexity index is 599. The number of hydrogen-bond donors (Lipinski definition) is 1. The molecule has 1 unspecified atom stereocenters. The predicted octanol–water partition coefficient (Wildman–Crippen LogP) is 3.53. The van der Waals surface area contributed by atoms with Gasteiger partial charge in [-0.15, -0.1) is 0 Å². The van der Waals surface area contributed by atoms with Crippen molar-refractivity contribution in [2.75, 3.05) is 14.2 Å². The van der Waals surface area contributed by atoms with Gasteiger partial charge in [-0.2, -0.15) is 0 Å². The summed E-state index contributed by atoms with van der Waals surface area (Å²) in [6.45, 7) is 0. The molecule has 2 aromatic rings. The van der Waals surface area contributed by atoms with Crippen LogP contribution in [0.15, 0.2) is 36.4 Å². The highest BCUT2D eigenvalue weighted by molar-refractivity contribution is 14.1. The van der Waals surface area contributed by atoms with Crippen LogP contribution in [0, 0.1) is 9.39 Å². The van der Waals surface area contributed by atoms with E-state index >= 15 is 0 Å². The standard InChI is InChI=1S/C15H14FIO3/c1-19-13-7-11(12(16)8-14(13)20-2)15(18)9-3-5-10(17)6-4-9/h3-8,15,18H,1-2H3. The zero-order valence-electron chi connectivity index (χ0n) is 11.1. The highest BCUT2D eigenvalue weighted by Gasteiger charge is 2.19. The summed E-state index contributed by atoms with van der Waals surface area (Å²) in [4.78, 5) is 0. The van der Waals surface area contributed by atoms with Crippen LogP contribution in [0.3, 0.4) is 0 Å². The van der Waals surface area contributed by atoms with Crippen molar-refractivity contribution in [1.82, 2.24) is 0 Å². The average Bonchev–Trinajstić information content (AvgIpc) is 2.47. The Morgan fingerprint density at radius 3 is 2.15 bits per heavy atom. The molecule has 2 rings (SSSR count). The maximum Gasteiger partial charge on any atom is 0.163 e. The molecule has 1 atom stereocenters. The van der Waals surface area contributed by atoms with E-state index in [0.717, 1.165) is 3.57 Å². The topological polar surface area (TPSA) is 38.7 Å². The summed E-state index contributed by atoms with van der Waals surface area (Å²) in [7, 11) is 2.91. The van der Waals surface area contributed by atoms with Gasteiger partial charge in [0, 0.05) is 15.2 Å². The monoisotopic (exact) mass is 388 g/mol. The largest absolute Gasteiger partial charge is 0.493 e. The molecule has 106 valence electrons. The number of aliphatic hydroxyl groups excluding tert-OH is 1. The predicted molar refractivity (Wildman–Crippen MR) is 82.7 cm³/mol.